The van der Waals surface area contributed by atoms with Gasteiger partial charge in [0.2, 0.25) is 5.95 Å². The first-order chi connectivity index (χ1) is 8.31. The van der Waals surface area contributed by atoms with Gasteiger partial charge in [-0.25, -0.2) is 4.98 Å². The molecule has 90 valence electrons. The lowest BCUT2D eigenvalue weighted by molar-refractivity contribution is 0.953. The van der Waals surface area contributed by atoms with Crippen LogP contribution >= 0.6 is 11.8 Å². The topological polar surface area (TPSA) is 29.9 Å². The number of hydrogen-bond acceptors (Lipinski definition) is 3. The molecular weight excluding hydrogens is 230 g/mol. The summed E-state index contributed by atoms with van der Waals surface area (Å²) in [6, 6.07) is 10.2. The van der Waals surface area contributed by atoms with Crippen molar-refractivity contribution in [2.45, 2.75) is 12.2 Å². The van der Waals surface area contributed by atoms with Gasteiger partial charge in [0, 0.05) is 29.9 Å². The summed E-state index contributed by atoms with van der Waals surface area (Å²) < 4.78 is 2.06. The molecule has 0 bridgehead atoms. The molecule has 0 fully saturated rings. The molecule has 0 amide bonds. The first kappa shape index (κ1) is 12.0. The number of nitrogens with one attached hydrogen (secondary N) is 1. The molecule has 0 aliphatic carbocycles. The van der Waals surface area contributed by atoms with E-state index in [0.29, 0.717) is 5.25 Å². The van der Waals surface area contributed by atoms with Crippen LogP contribution in [0.5, 0.6) is 0 Å². The van der Waals surface area contributed by atoms with Gasteiger partial charge in [-0.1, -0.05) is 25.1 Å². The second-order valence-corrected chi connectivity index (χ2v) is 5.16. The highest BCUT2D eigenvalue weighted by atomic mass is 32.2. The lowest BCUT2D eigenvalue weighted by Gasteiger charge is -2.12. The van der Waals surface area contributed by atoms with Crippen LogP contribution in [-0.4, -0.2) is 27.6 Å². The molecule has 1 heterocycles. The molecule has 0 saturated heterocycles. The standard InChI is InChI=1S/C13H17N3S/c1-11(17-2)10-15-13-14-8-9-16(13)12-6-4-3-5-7-12/h3-9,11H,10H2,1-2H3,(H,14,15). The molecule has 1 atom stereocenters. The van der Waals surface area contributed by atoms with Gasteiger partial charge in [0.1, 0.15) is 0 Å². The van der Waals surface area contributed by atoms with Crippen molar-refractivity contribution >= 4 is 17.7 Å². The summed E-state index contributed by atoms with van der Waals surface area (Å²) in [6.07, 6.45) is 5.91. The van der Waals surface area contributed by atoms with Crippen molar-refractivity contribution < 1.29 is 0 Å². The predicted octanol–water partition coefficient (Wildman–Crippen LogP) is 3.04. The monoisotopic (exact) mass is 247 g/mol. The van der Waals surface area contributed by atoms with Crippen LogP contribution in [0, 0.1) is 0 Å². The van der Waals surface area contributed by atoms with Crippen molar-refractivity contribution in [1.82, 2.24) is 9.55 Å². The molecule has 0 aliphatic heterocycles. The Morgan fingerprint density at radius 2 is 2.12 bits per heavy atom. The maximum Gasteiger partial charge on any atom is 0.207 e. The maximum absolute atomic E-state index is 4.34. The minimum atomic E-state index is 0.580. The highest BCUT2D eigenvalue weighted by molar-refractivity contribution is 7.99. The lowest BCUT2D eigenvalue weighted by atomic mass is 10.3. The molecule has 0 spiro atoms. The SMILES string of the molecule is CSC(C)CNc1nccn1-c1ccccc1. The first-order valence-electron chi connectivity index (χ1n) is 5.66. The number of hydrogen-bond donors (Lipinski definition) is 1. The van der Waals surface area contributed by atoms with Crippen LogP contribution < -0.4 is 5.32 Å². The first-order valence-corrected chi connectivity index (χ1v) is 6.95. The molecule has 0 saturated carbocycles. The van der Waals surface area contributed by atoms with Crippen LogP contribution in [0.4, 0.5) is 5.95 Å². The third-order valence-electron chi connectivity index (χ3n) is 2.63. The van der Waals surface area contributed by atoms with E-state index >= 15 is 0 Å². The Morgan fingerprint density at radius 1 is 1.35 bits per heavy atom. The van der Waals surface area contributed by atoms with Gasteiger partial charge in [-0.2, -0.15) is 11.8 Å². The molecular formula is C13H17N3S. The molecule has 4 heteroatoms. The normalized spacial score (nSPS) is 12.4. The summed E-state index contributed by atoms with van der Waals surface area (Å²) in [5.74, 6) is 0.900. The van der Waals surface area contributed by atoms with Crippen molar-refractivity contribution in [3.05, 3.63) is 42.7 Å². The van der Waals surface area contributed by atoms with E-state index in [1.54, 1.807) is 0 Å². The van der Waals surface area contributed by atoms with E-state index in [1.165, 1.54) is 0 Å². The van der Waals surface area contributed by atoms with Gasteiger partial charge >= 0.3 is 0 Å². The molecule has 0 radical (unpaired) electrons. The van der Waals surface area contributed by atoms with Crippen LogP contribution in [0.2, 0.25) is 0 Å². The van der Waals surface area contributed by atoms with Crippen LogP contribution in [0.15, 0.2) is 42.7 Å². The maximum atomic E-state index is 4.34. The average Bonchev–Trinajstić information content (AvgIpc) is 2.85. The minimum Gasteiger partial charge on any atom is -0.354 e. The number of para-hydroxylation sites is 1. The zero-order chi connectivity index (χ0) is 12.1. The van der Waals surface area contributed by atoms with Crippen LogP contribution in [-0.2, 0) is 0 Å². The Labute approximate surface area is 106 Å². The second kappa shape index (κ2) is 5.77. The molecule has 1 unspecified atom stereocenters. The van der Waals surface area contributed by atoms with Crippen molar-refractivity contribution in [3.63, 3.8) is 0 Å². The summed E-state index contributed by atoms with van der Waals surface area (Å²) in [7, 11) is 0. The Hall–Kier alpha value is -1.42. The highest BCUT2D eigenvalue weighted by Gasteiger charge is 2.05. The van der Waals surface area contributed by atoms with Crippen molar-refractivity contribution in [3.8, 4) is 5.69 Å². The molecule has 1 aromatic carbocycles. The number of nitrogens with zero attached hydrogens (tertiary/aromatic N) is 2. The molecule has 2 rings (SSSR count). The Balaban J connectivity index is 2.12. The number of thioether (sulfide) groups is 1. The third-order valence-corrected chi connectivity index (χ3v) is 3.60. The minimum absolute atomic E-state index is 0.580. The summed E-state index contributed by atoms with van der Waals surface area (Å²) in [6.45, 7) is 3.12. The van der Waals surface area contributed by atoms with E-state index in [-0.39, 0.29) is 0 Å². The molecule has 2 aromatic rings. The zero-order valence-corrected chi connectivity index (χ0v) is 10.9. The summed E-state index contributed by atoms with van der Waals surface area (Å²) >= 11 is 1.85. The summed E-state index contributed by atoms with van der Waals surface area (Å²) in [4.78, 5) is 4.34. The third kappa shape index (κ3) is 3.03. The van der Waals surface area contributed by atoms with Crippen LogP contribution in [0.3, 0.4) is 0 Å². The van der Waals surface area contributed by atoms with Gasteiger partial charge in [-0.3, -0.25) is 4.57 Å². The fraction of sp³-hybridized carbons (Fsp3) is 0.308. The van der Waals surface area contributed by atoms with Gasteiger partial charge in [0.05, 0.1) is 0 Å². The number of imidazole rings is 1. The van der Waals surface area contributed by atoms with E-state index in [0.717, 1.165) is 18.2 Å². The molecule has 17 heavy (non-hydrogen) atoms. The number of rotatable bonds is 5. The second-order valence-electron chi connectivity index (χ2n) is 3.88. The molecule has 3 nitrogen and oxygen atoms in total. The summed E-state index contributed by atoms with van der Waals surface area (Å²) in [5, 5.41) is 3.95. The smallest absolute Gasteiger partial charge is 0.207 e. The van der Waals surface area contributed by atoms with E-state index in [2.05, 4.69) is 40.2 Å². The quantitative estimate of drug-likeness (QED) is 0.880. The van der Waals surface area contributed by atoms with E-state index < -0.39 is 0 Å². The number of aromatic nitrogens is 2. The number of benzene rings is 1. The predicted molar refractivity (Wildman–Crippen MR) is 75.0 cm³/mol. The van der Waals surface area contributed by atoms with Gasteiger partial charge in [-0.05, 0) is 18.4 Å². The highest BCUT2D eigenvalue weighted by Crippen LogP contribution is 2.14. The van der Waals surface area contributed by atoms with Crippen LogP contribution in [0.25, 0.3) is 5.69 Å². The fourth-order valence-corrected chi connectivity index (χ4v) is 1.80. The van der Waals surface area contributed by atoms with Crippen molar-refractivity contribution in [2.75, 3.05) is 18.1 Å². The lowest BCUT2D eigenvalue weighted by Crippen LogP contribution is -2.15. The Morgan fingerprint density at radius 3 is 2.82 bits per heavy atom. The average molecular weight is 247 g/mol. The van der Waals surface area contributed by atoms with Crippen molar-refractivity contribution in [1.29, 1.82) is 0 Å². The fourth-order valence-electron chi connectivity index (χ4n) is 1.55. The van der Waals surface area contributed by atoms with E-state index in [1.807, 2.05) is 42.4 Å². The zero-order valence-electron chi connectivity index (χ0n) is 10.1. The van der Waals surface area contributed by atoms with Gasteiger partial charge in [0.25, 0.3) is 0 Å². The largest absolute Gasteiger partial charge is 0.354 e. The van der Waals surface area contributed by atoms with Gasteiger partial charge < -0.3 is 5.32 Å². The molecule has 1 N–H and O–H groups in total. The molecule has 1 aromatic heterocycles. The van der Waals surface area contributed by atoms with Crippen molar-refractivity contribution in [2.24, 2.45) is 0 Å². The van der Waals surface area contributed by atoms with Crippen LogP contribution in [0.1, 0.15) is 6.92 Å². The molecule has 0 aliphatic rings. The van der Waals surface area contributed by atoms with E-state index in [4.69, 9.17) is 0 Å². The van der Waals surface area contributed by atoms with Gasteiger partial charge in [0.15, 0.2) is 0 Å². The van der Waals surface area contributed by atoms with E-state index in [9.17, 15) is 0 Å². The summed E-state index contributed by atoms with van der Waals surface area (Å²) in [5.41, 5.74) is 1.13. The van der Waals surface area contributed by atoms with Gasteiger partial charge in [-0.15, -0.1) is 0 Å². The Bertz CT molecular complexity index is 453. The Kier molecular flexibility index (Phi) is 4.09. The number of anilines is 1.